The van der Waals surface area contributed by atoms with Gasteiger partial charge in [-0.3, -0.25) is 4.98 Å². The number of nitriles is 1. The third-order valence-corrected chi connectivity index (χ3v) is 2.74. The summed E-state index contributed by atoms with van der Waals surface area (Å²) in [6.07, 6.45) is -2.54. The van der Waals surface area contributed by atoms with Crippen molar-refractivity contribution < 1.29 is 20.1 Å². The zero-order chi connectivity index (χ0) is 12.4. The molecular formula is C11H12N2O4. The second kappa shape index (κ2) is 4.77. The van der Waals surface area contributed by atoms with Crippen LogP contribution >= 0.6 is 0 Å². The lowest BCUT2D eigenvalue weighted by molar-refractivity contribution is -0.0239. The molecule has 3 N–H and O–H groups in total. The molecular weight excluding hydrogens is 224 g/mol. The smallest absolute Gasteiger partial charge is 0.128 e. The van der Waals surface area contributed by atoms with Crippen molar-refractivity contribution in [2.75, 3.05) is 6.61 Å². The Bertz CT molecular complexity index is 445. The van der Waals surface area contributed by atoms with Crippen molar-refractivity contribution >= 4 is 0 Å². The van der Waals surface area contributed by atoms with E-state index in [1.165, 1.54) is 18.3 Å². The number of aromatic nitrogens is 1. The van der Waals surface area contributed by atoms with E-state index in [4.69, 9.17) is 15.1 Å². The molecule has 1 fully saturated rings. The van der Waals surface area contributed by atoms with E-state index in [1.807, 2.05) is 6.07 Å². The van der Waals surface area contributed by atoms with Crippen molar-refractivity contribution in [1.82, 2.24) is 4.98 Å². The molecule has 1 saturated heterocycles. The molecule has 1 aromatic rings. The topological polar surface area (TPSA) is 107 Å². The summed E-state index contributed by atoms with van der Waals surface area (Å²) in [6.45, 7) is -0.382. The van der Waals surface area contributed by atoms with Gasteiger partial charge in [0.05, 0.1) is 23.9 Å². The van der Waals surface area contributed by atoms with Crippen LogP contribution in [0.4, 0.5) is 0 Å². The quantitative estimate of drug-likeness (QED) is 0.614. The summed E-state index contributed by atoms with van der Waals surface area (Å²) in [4.78, 5) is 3.99. The maximum absolute atomic E-state index is 9.77. The Kier molecular flexibility index (Phi) is 3.36. The third kappa shape index (κ3) is 2.14. The second-order valence-electron chi connectivity index (χ2n) is 3.84. The van der Waals surface area contributed by atoms with Crippen molar-refractivity contribution in [3.63, 3.8) is 0 Å². The lowest BCUT2D eigenvalue weighted by Crippen LogP contribution is -2.32. The maximum Gasteiger partial charge on any atom is 0.128 e. The molecule has 0 bridgehead atoms. The van der Waals surface area contributed by atoms with Gasteiger partial charge in [0.25, 0.3) is 0 Å². The fraction of sp³-hybridized carbons (Fsp3) is 0.455. The first-order chi connectivity index (χ1) is 8.17. The highest BCUT2D eigenvalue weighted by molar-refractivity contribution is 5.30. The van der Waals surface area contributed by atoms with Crippen LogP contribution in [0.25, 0.3) is 0 Å². The van der Waals surface area contributed by atoms with E-state index < -0.39 is 24.4 Å². The normalized spacial score (nSPS) is 32.4. The van der Waals surface area contributed by atoms with Crippen LogP contribution in [-0.2, 0) is 4.74 Å². The molecule has 6 heteroatoms. The van der Waals surface area contributed by atoms with Gasteiger partial charge in [0.2, 0.25) is 0 Å². The number of aliphatic hydroxyl groups excluding tert-OH is 3. The van der Waals surface area contributed by atoms with E-state index in [0.717, 1.165) is 0 Å². The van der Waals surface area contributed by atoms with Crippen LogP contribution < -0.4 is 0 Å². The van der Waals surface area contributed by atoms with Crippen LogP contribution in [0.5, 0.6) is 0 Å². The lowest BCUT2D eigenvalue weighted by atomic mass is 10.0. The number of rotatable bonds is 2. The predicted molar refractivity (Wildman–Crippen MR) is 55.7 cm³/mol. The molecule has 0 radical (unpaired) electrons. The molecule has 17 heavy (non-hydrogen) atoms. The van der Waals surface area contributed by atoms with Crippen molar-refractivity contribution in [2.45, 2.75) is 24.4 Å². The van der Waals surface area contributed by atoms with Crippen molar-refractivity contribution in [2.24, 2.45) is 0 Å². The molecule has 2 heterocycles. The van der Waals surface area contributed by atoms with Gasteiger partial charge in [-0.1, -0.05) is 0 Å². The van der Waals surface area contributed by atoms with Crippen LogP contribution in [0.2, 0.25) is 0 Å². The summed E-state index contributed by atoms with van der Waals surface area (Å²) in [6, 6.07) is 4.97. The Balaban J connectivity index is 2.26. The first-order valence-corrected chi connectivity index (χ1v) is 5.16. The molecule has 1 aliphatic rings. The molecule has 0 aliphatic carbocycles. The Labute approximate surface area is 97.7 Å². The lowest BCUT2D eigenvalue weighted by Gasteiger charge is -2.13. The van der Waals surface area contributed by atoms with Gasteiger partial charge in [-0.15, -0.1) is 0 Å². The summed E-state index contributed by atoms with van der Waals surface area (Å²) < 4.78 is 5.30. The Hall–Kier alpha value is -1.52. The highest BCUT2D eigenvalue weighted by atomic mass is 16.6. The summed E-state index contributed by atoms with van der Waals surface area (Å²) in [7, 11) is 0. The van der Waals surface area contributed by atoms with E-state index in [0.29, 0.717) is 11.3 Å². The van der Waals surface area contributed by atoms with E-state index in [-0.39, 0.29) is 6.61 Å². The highest BCUT2D eigenvalue weighted by Gasteiger charge is 2.43. The van der Waals surface area contributed by atoms with E-state index >= 15 is 0 Å². The first-order valence-electron chi connectivity index (χ1n) is 5.16. The Morgan fingerprint density at radius 3 is 2.76 bits per heavy atom. The van der Waals surface area contributed by atoms with Gasteiger partial charge in [0, 0.05) is 6.20 Å². The summed E-state index contributed by atoms with van der Waals surface area (Å²) >= 11 is 0. The Morgan fingerprint density at radius 2 is 2.18 bits per heavy atom. The average molecular weight is 236 g/mol. The SMILES string of the molecule is N#Cc1ccnc([C@H]2O[C@H](CO)[C@@H](O)[C@H]2O)c1. The largest absolute Gasteiger partial charge is 0.394 e. The van der Waals surface area contributed by atoms with Crippen molar-refractivity contribution in [3.05, 3.63) is 29.6 Å². The monoisotopic (exact) mass is 236 g/mol. The van der Waals surface area contributed by atoms with Crippen molar-refractivity contribution in [1.29, 1.82) is 5.26 Å². The highest BCUT2D eigenvalue weighted by Crippen LogP contribution is 2.32. The van der Waals surface area contributed by atoms with Gasteiger partial charge in [0.15, 0.2) is 0 Å². The van der Waals surface area contributed by atoms with Gasteiger partial charge in [-0.2, -0.15) is 5.26 Å². The van der Waals surface area contributed by atoms with Crippen LogP contribution in [-0.4, -0.2) is 45.2 Å². The van der Waals surface area contributed by atoms with Gasteiger partial charge >= 0.3 is 0 Å². The number of pyridine rings is 1. The molecule has 1 aliphatic heterocycles. The number of hydrogen-bond donors (Lipinski definition) is 3. The standard InChI is InChI=1S/C11H12N2O4/c12-4-6-1-2-13-7(3-6)11-10(16)9(15)8(5-14)17-11/h1-3,8-11,14-16H,5H2/t8-,9-,10-,11-/m1/s1. The molecule has 0 unspecified atom stereocenters. The van der Waals surface area contributed by atoms with E-state index in [1.54, 1.807) is 0 Å². The van der Waals surface area contributed by atoms with Gasteiger partial charge in [0.1, 0.15) is 24.4 Å². The summed E-state index contributed by atoms with van der Waals surface area (Å²) in [5.41, 5.74) is 0.763. The minimum atomic E-state index is -1.16. The van der Waals surface area contributed by atoms with Gasteiger partial charge in [-0.05, 0) is 12.1 Å². The summed E-state index contributed by atoms with van der Waals surface area (Å²) in [5, 5.41) is 37.1. The van der Waals surface area contributed by atoms with Crippen LogP contribution in [0.3, 0.4) is 0 Å². The Morgan fingerprint density at radius 1 is 1.41 bits per heavy atom. The molecule has 2 rings (SSSR count). The summed E-state index contributed by atoms with van der Waals surface area (Å²) in [5.74, 6) is 0. The maximum atomic E-state index is 9.77. The van der Waals surface area contributed by atoms with Crippen LogP contribution in [0, 0.1) is 11.3 Å². The molecule has 6 nitrogen and oxygen atoms in total. The van der Waals surface area contributed by atoms with Crippen molar-refractivity contribution in [3.8, 4) is 6.07 Å². The second-order valence-corrected chi connectivity index (χ2v) is 3.84. The number of ether oxygens (including phenoxy) is 1. The van der Waals surface area contributed by atoms with Crippen LogP contribution in [0.1, 0.15) is 17.4 Å². The molecule has 0 spiro atoms. The molecule has 0 aromatic carbocycles. The number of nitrogens with zero attached hydrogens (tertiary/aromatic N) is 2. The molecule has 0 saturated carbocycles. The molecule has 0 amide bonds. The number of hydrogen-bond acceptors (Lipinski definition) is 6. The zero-order valence-corrected chi connectivity index (χ0v) is 8.89. The zero-order valence-electron chi connectivity index (χ0n) is 8.89. The number of aliphatic hydroxyl groups is 3. The minimum absolute atomic E-state index is 0.367. The van der Waals surface area contributed by atoms with Gasteiger partial charge in [-0.25, -0.2) is 0 Å². The molecule has 90 valence electrons. The van der Waals surface area contributed by atoms with Gasteiger partial charge < -0.3 is 20.1 Å². The molecule has 1 aromatic heterocycles. The average Bonchev–Trinajstić information content (AvgIpc) is 2.66. The predicted octanol–water partition coefficient (Wildman–Crippen LogP) is -0.893. The third-order valence-electron chi connectivity index (χ3n) is 2.74. The van der Waals surface area contributed by atoms with Crippen LogP contribution in [0.15, 0.2) is 18.3 Å². The van der Waals surface area contributed by atoms with E-state index in [9.17, 15) is 10.2 Å². The minimum Gasteiger partial charge on any atom is -0.394 e. The fourth-order valence-electron chi connectivity index (χ4n) is 1.82. The van der Waals surface area contributed by atoms with E-state index in [2.05, 4.69) is 4.98 Å². The fourth-order valence-corrected chi connectivity index (χ4v) is 1.82. The molecule has 4 atom stereocenters. The first kappa shape index (κ1) is 12.0.